The fraction of sp³-hybridized carbons (Fsp3) is 0.375. The number of hydrogen-bond acceptors (Lipinski definition) is 4. The Kier molecular flexibility index (Phi) is 5.50. The van der Waals surface area contributed by atoms with Gasteiger partial charge in [-0.1, -0.05) is 6.92 Å². The summed E-state index contributed by atoms with van der Waals surface area (Å²) in [5, 5.41) is 2.60. The predicted molar refractivity (Wildman–Crippen MR) is 56.1 cm³/mol. The van der Waals surface area contributed by atoms with Crippen LogP contribution in [0, 0.1) is 0 Å². The molecule has 74 valence electrons. The molecule has 0 bridgehead atoms. The molecule has 0 aliphatic heterocycles. The second-order valence-electron chi connectivity index (χ2n) is 2.32. The largest absolute Gasteiger partial charge is 0.461 e. The van der Waals surface area contributed by atoms with Crippen LogP contribution in [0.15, 0.2) is 11.4 Å². The number of thiophene rings is 1. The quantitative estimate of drug-likeness (QED) is 0.797. The molecule has 0 aliphatic carbocycles. The third-order valence-electron chi connectivity index (χ3n) is 1.46. The van der Waals surface area contributed by atoms with Gasteiger partial charge in [0.1, 0.15) is 6.61 Å². The summed E-state index contributed by atoms with van der Waals surface area (Å²) in [6, 6.07) is 1.86. The Morgan fingerprint density at radius 1 is 1.69 bits per heavy atom. The van der Waals surface area contributed by atoms with Crippen molar-refractivity contribution in [3.05, 3.63) is 17.0 Å². The second kappa shape index (κ2) is 5.83. The van der Waals surface area contributed by atoms with Gasteiger partial charge in [0.15, 0.2) is 0 Å². The van der Waals surface area contributed by atoms with E-state index in [0.717, 1.165) is 10.6 Å². The Hall–Kier alpha value is -0.740. The predicted octanol–water partition coefficient (Wildman–Crippen LogP) is 2.21. The molecule has 0 spiro atoms. The maximum atomic E-state index is 10.8. The van der Waals surface area contributed by atoms with Crippen molar-refractivity contribution in [3.63, 3.8) is 0 Å². The molecule has 0 aliphatic rings. The molecule has 5 heteroatoms. The highest BCUT2D eigenvalue weighted by molar-refractivity contribution is 7.14. The summed E-state index contributed by atoms with van der Waals surface area (Å²) in [4.78, 5) is 10.8. The average molecular weight is 222 g/mol. The molecule has 0 atom stereocenters. The standard InChI is InChI=1S/C8H11NO2S.ClH/c1-2-7(10)11-5-6-3-4-12-8(6)9;/h3-4H,2,5,9H2,1H3;1H. The third-order valence-corrected chi connectivity index (χ3v) is 2.25. The molecule has 0 saturated carbocycles. The minimum atomic E-state index is -0.194. The van der Waals surface area contributed by atoms with Gasteiger partial charge in [0.25, 0.3) is 0 Å². The smallest absolute Gasteiger partial charge is 0.305 e. The molecular formula is C8H12ClNO2S. The van der Waals surface area contributed by atoms with Gasteiger partial charge >= 0.3 is 5.97 Å². The molecular weight excluding hydrogens is 210 g/mol. The van der Waals surface area contributed by atoms with Gasteiger partial charge in [0, 0.05) is 12.0 Å². The Bertz CT molecular complexity index is 275. The highest BCUT2D eigenvalue weighted by Crippen LogP contribution is 2.19. The maximum Gasteiger partial charge on any atom is 0.305 e. The van der Waals surface area contributed by atoms with Crippen molar-refractivity contribution in [2.24, 2.45) is 0 Å². The van der Waals surface area contributed by atoms with E-state index < -0.39 is 0 Å². The lowest BCUT2D eigenvalue weighted by molar-refractivity contribution is -0.144. The van der Waals surface area contributed by atoms with Crippen molar-refractivity contribution in [2.75, 3.05) is 5.73 Å². The lowest BCUT2D eigenvalue weighted by atomic mass is 10.3. The van der Waals surface area contributed by atoms with Crippen molar-refractivity contribution in [1.82, 2.24) is 0 Å². The van der Waals surface area contributed by atoms with Crippen LogP contribution >= 0.6 is 23.7 Å². The van der Waals surface area contributed by atoms with Gasteiger partial charge in [-0.3, -0.25) is 4.79 Å². The van der Waals surface area contributed by atoms with Crippen LogP contribution in [0.2, 0.25) is 0 Å². The van der Waals surface area contributed by atoms with Gasteiger partial charge in [-0.25, -0.2) is 0 Å². The van der Waals surface area contributed by atoms with Crippen LogP contribution in [0.5, 0.6) is 0 Å². The lowest BCUT2D eigenvalue weighted by Gasteiger charge is -2.01. The summed E-state index contributed by atoms with van der Waals surface area (Å²) in [5.74, 6) is -0.194. The van der Waals surface area contributed by atoms with Crippen LogP contribution < -0.4 is 5.73 Å². The number of rotatable bonds is 3. The Balaban J connectivity index is 0.00000144. The number of carbonyl (C=O) groups is 1. The molecule has 0 saturated heterocycles. The molecule has 2 N–H and O–H groups in total. The van der Waals surface area contributed by atoms with E-state index >= 15 is 0 Å². The zero-order valence-electron chi connectivity index (χ0n) is 7.28. The van der Waals surface area contributed by atoms with Crippen LogP contribution in [-0.4, -0.2) is 5.97 Å². The highest BCUT2D eigenvalue weighted by atomic mass is 35.5. The highest BCUT2D eigenvalue weighted by Gasteiger charge is 2.03. The van der Waals surface area contributed by atoms with Gasteiger partial charge in [-0.15, -0.1) is 23.7 Å². The number of esters is 1. The fourth-order valence-corrected chi connectivity index (χ4v) is 1.38. The Morgan fingerprint density at radius 2 is 2.38 bits per heavy atom. The third kappa shape index (κ3) is 3.65. The molecule has 1 rings (SSSR count). The SMILES string of the molecule is CCC(=O)OCc1ccsc1N.Cl. The van der Waals surface area contributed by atoms with E-state index in [9.17, 15) is 4.79 Å². The molecule has 0 aromatic carbocycles. The van der Waals surface area contributed by atoms with E-state index in [1.807, 2.05) is 11.4 Å². The van der Waals surface area contributed by atoms with E-state index in [4.69, 9.17) is 10.5 Å². The normalized spacial score (nSPS) is 9.00. The molecule has 13 heavy (non-hydrogen) atoms. The van der Waals surface area contributed by atoms with E-state index in [1.54, 1.807) is 6.92 Å². The van der Waals surface area contributed by atoms with E-state index in [-0.39, 0.29) is 18.4 Å². The second-order valence-corrected chi connectivity index (χ2v) is 3.27. The topological polar surface area (TPSA) is 52.3 Å². The first-order valence-electron chi connectivity index (χ1n) is 3.71. The zero-order chi connectivity index (χ0) is 8.97. The first kappa shape index (κ1) is 12.3. The van der Waals surface area contributed by atoms with Gasteiger partial charge in [-0.05, 0) is 11.4 Å². The molecule has 0 unspecified atom stereocenters. The molecule has 0 fully saturated rings. The van der Waals surface area contributed by atoms with Crippen molar-refractivity contribution < 1.29 is 9.53 Å². The average Bonchev–Trinajstić information content (AvgIpc) is 2.47. The Labute approximate surface area is 87.3 Å². The van der Waals surface area contributed by atoms with E-state index in [1.165, 1.54) is 11.3 Å². The first-order chi connectivity index (χ1) is 5.74. The molecule has 1 aromatic heterocycles. The number of ether oxygens (including phenoxy) is 1. The summed E-state index contributed by atoms with van der Waals surface area (Å²) in [5.41, 5.74) is 6.49. The number of hydrogen-bond donors (Lipinski definition) is 1. The van der Waals surface area contributed by atoms with Crippen LogP contribution in [0.3, 0.4) is 0 Å². The summed E-state index contributed by atoms with van der Waals surface area (Å²) >= 11 is 1.45. The molecule has 1 aromatic rings. The summed E-state index contributed by atoms with van der Waals surface area (Å²) in [6.45, 7) is 2.06. The number of halogens is 1. The van der Waals surface area contributed by atoms with Gasteiger partial charge in [0.05, 0.1) is 5.00 Å². The number of carbonyl (C=O) groups excluding carboxylic acids is 1. The van der Waals surface area contributed by atoms with Crippen LogP contribution in [-0.2, 0) is 16.1 Å². The lowest BCUT2D eigenvalue weighted by Crippen LogP contribution is -2.02. The van der Waals surface area contributed by atoms with E-state index in [0.29, 0.717) is 13.0 Å². The minimum Gasteiger partial charge on any atom is -0.461 e. The van der Waals surface area contributed by atoms with Crippen molar-refractivity contribution >= 4 is 34.7 Å². The maximum absolute atomic E-state index is 10.8. The monoisotopic (exact) mass is 221 g/mol. The Morgan fingerprint density at radius 3 is 2.85 bits per heavy atom. The van der Waals surface area contributed by atoms with Crippen molar-refractivity contribution in [2.45, 2.75) is 20.0 Å². The van der Waals surface area contributed by atoms with E-state index in [2.05, 4.69) is 0 Å². The van der Waals surface area contributed by atoms with Crippen LogP contribution in [0.4, 0.5) is 5.00 Å². The van der Waals surface area contributed by atoms with Crippen molar-refractivity contribution in [1.29, 1.82) is 0 Å². The van der Waals surface area contributed by atoms with Crippen LogP contribution in [0.25, 0.3) is 0 Å². The van der Waals surface area contributed by atoms with Gasteiger partial charge < -0.3 is 10.5 Å². The van der Waals surface area contributed by atoms with Crippen LogP contribution in [0.1, 0.15) is 18.9 Å². The first-order valence-corrected chi connectivity index (χ1v) is 4.59. The summed E-state index contributed by atoms with van der Waals surface area (Å²) in [7, 11) is 0. The number of nitrogens with two attached hydrogens (primary N) is 1. The zero-order valence-corrected chi connectivity index (χ0v) is 8.91. The minimum absolute atomic E-state index is 0. The van der Waals surface area contributed by atoms with Gasteiger partial charge in [-0.2, -0.15) is 0 Å². The molecule has 0 amide bonds. The fourth-order valence-electron chi connectivity index (χ4n) is 0.727. The summed E-state index contributed by atoms with van der Waals surface area (Å²) < 4.78 is 4.90. The molecule has 0 radical (unpaired) electrons. The number of anilines is 1. The number of nitrogen functional groups attached to an aromatic ring is 1. The van der Waals surface area contributed by atoms with Crippen molar-refractivity contribution in [3.8, 4) is 0 Å². The van der Waals surface area contributed by atoms with Gasteiger partial charge in [0.2, 0.25) is 0 Å². The molecule has 1 heterocycles. The molecule has 3 nitrogen and oxygen atoms in total. The summed E-state index contributed by atoms with van der Waals surface area (Å²) in [6.07, 6.45) is 0.407.